The smallest absolute Gasteiger partial charge is 0.306 e. The van der Waals surface area contributed by atoms with Crippen LogP contribution < -0.4 is 5.73 Å². The maximum Gasteiger partial charge on any atom is 0.306 e. The number of carboxylic acids is 1. The van der Waals surface area contributed by atoms with Crippen molar-refractivity contribution < 1.29 is 24.1 Å². The molecule has 3 N–H and O–H groups in total. The topological polar surface area (TPSA) is 91.0 Å². The van der Waals surface area contributed by atoms with Gasteiger partial charge in [-0.05, 0) is 45.4 Å². The summed E-state index contributed by atoms with van der Waals surface area (Å²) in [6, 6.07) is 0. The van der Waals surface area contributed by atoms with Crippen molar-refractivity contribution in [2.24, 2.45) is 11.7 Å². The van der Waals surface area contributed by atoms with Crippen LogP contribution in [0.15, 0.2) is 24.1 Å². The zero-order valence-electron chi connectivity index (χ0n) is 15.5. The summed E-state index contributed by atoms with van der Waals surface area (Å²) < 4.78 is 17.3. The summed E-state index contributed by atoms with van der Waals surface area (Å²) in [6.45, 7) is 8.60. The number of hydrogen-bond acceptors (Lipinski definition) is 5. The van der Waals surface area contributed by atoms with Crippen molar-refractivity contribution in [2.75, 3.05) is 19.8 Å². The fourth-order valence-electron chi connectivity index (χ4n) is 2.64. The minimum absolute atomic E-state index is 0.121. The molecule has 1 aliphatic carbocycles. The van der Waals surface area contributed by atoms with Crippen LogP contribution in [-0.4, -0.2) is 43.1 Å². The lowest BCUT2D eigenvalue weighted by Gasteiger charge is -2.29. The zero-order chi connectivity index (χ0) is 18.7. The Balaban J connectivity index is 2.29. The van der Waals surface area contributed by atoms with E-state index in [1.54, 1.807) is 13.0 Å². The summed E-state index contributed by atoms with van der Waals surface area (Å²) >= 11 is 0. The third-order valence-electron chi connectivity index (χ3n) is 4.47. The molecule has 1 aliphatic rings. The molecular formula is C19H33NO5. The molecule has 6 nitrogen and oxygen atoms in total. The predicted octanol–water partition coefficient (Wildman–Crippen LogP) is 3.22. The number of allylic oxidation sites excluding steroid dienone is 1. The maximum atomic E-state index is 10.8. The Kier molecular flexibility index (Phi) is 10.3. The maximum absolute atomic E-state index is 10.8. The molecule has 1 rings (SSSR count). The number of carbonyl (C=O) groups is 1. The molecule has 0 heterocycles. The fraction of sp³-hybridized carbons (Fsp3) is 0.737. The number of rotatable bonds is 12. The average molecular weight is 355 g/mol. The second-order valence-corrected chi connectivity index (χ2v) is 6.63. The molecule has 0 radical (unpaired) electrons. The fourth-order valence-corrected chi connectivity index (χ4v) is 2.64. The molecule has 0 aromatic carbocycles. The molecule has 0 spiro atoms. The largest absolute Gasteiger partial charge is 0.496 e. The Hall–Kier alpha value is -1.53. The van der Waals surface area contributed by atoms with Gasteiger partial charge in [-0.1, -0.05) is 13.0 Å². The highest BCUT2D eigenvalue weighted by Crippen LogP contribution is 2.24. The third-order valence-corrected chi connectivity index (χ3v) is 4.47. The lowest BCUT2D eigenvalue weighted by molar-refractivity contribution is -0.142. The summed E-state index contributed by atoms with van der Waals surface area (Å²) in [5.41, 5.74) is 6.62. The van der Waals surface area contributed by atoms with E-state index >= 15 is 0 Å². The molecule has 1 saturated carbocycles. The van der Waals surface area contributed by atoms with Gasteiger partial charge in [0.15, 0.2) is 0 Å². The van der Waals surface area contributed by atoms with E-state index in [0.29, 0.717) is 37.7 Å². The van der Waals surface area contributed by atoms with Gasteiger partial charge >= 0.3 is 5.97 Å². The third kappa shape index (κ3) is 8.93. The van der Waals surface area contributed by atoms with E-state index < -0.39 is 5.97 Å². The van der Waals surface area contributed by atoms with Crippen LogP contribution in [0.25, 0.3) is 0 Å². The van der Waals surface area contributed by atoms with E-state index in [2.05, 4.69) is 6.58 Å². The highest BCUT2D eigenvalue weighted by Gasteiger charge is 2.23. The summed E-state index contributed by atoms with van der Waals surface area (Å²) in [5.74, 6) is -0.445. The van der Waals surface area contributed by atoms with Crippen LogP contribution in [0.2, 0.25) is 0 Å². The van der Waals surface area contributed by atoms with Crippen LogP contribution in [0.1, 0.15) is 52.4 Å². The van der Waals surface area contributed by atoms with Gasteiger partial charge in [-0.2, -0.15) is 0 Å². The van der Waals surface area contributed by atoms with Crippen LogP contribution in [-0.2, 0) is 19.0 Å². The Bertz CT molecular complexity index is 449. The predicted molar refractivity (Wildman–Crippen MR) is 97.0 cm³/mol. The molecule has 6 heteroatoms. The molecular weight excluding hydrogens is 322 g/mol. The van der Waals surface area contributed by atoms with E-state index in [9.17, 15) is 4.79 Å². The van der Waals surface area contributed by atoms with Gasteiger partial charge in [0.1, 0.15) is 5.76 Å². The van der Waals surface area contributed by atoms with Gasteiger partial charge < -0.3 is 25.1 Å². The first-order chi connectivity index (χ1) is 11.9. The first kappa shape index (κ1) is 21.5. The molecule has 0 saturated heterocycles. The van der Waals surface area contributed by atoms with Crippen molar-refractivity contribution in [3.63, 3.8) is 0 Å². The van der Waals surface area contributed by atoms with Crippen LogP contribution >= 0.6 is 0 Å². The Labute approximate surface area is 151 Å². The monoisotopic (exact) mass is 355 g/mol. The molecule has 0 bridgehead atoms. The zero-order valence-corrected chi connectivity index (χ0v) is 15.5. The molecule has 144 valence electrons. The quantitative estimate of drug-likeness (QED) is 0.317. The van der Waals surface area contributed by atoms with Crippen molar-refractivity contribution >= 4 is 5.97 Å². The average Bonchev–Trinajstić information content (AvgIpc) is 2.60. The summed E-state index contributed by atoms with van der Waals surface area (Å²) in [6.07, 6.45) is 7.24. The number of ether oxygens (including phenoxy) is 3. The molecule has 0 amide bonds. The van der Waals surface area contributed by atoms with Crippen molar-refractivity contribution in [3.05, 3.63) is 24.1 Å². The Morgan fingerprint density at radius 3 is 2.64 bits per heavy atom. The molecule has 25 heavy (non-hydrogen) atoms. The lowest BCUT2D eigenvalue weighted by Crippen LogP contribution is -2.30. The van der Waals surface area contributed by atoms with Crippen LogP contribution in [0, 0.1) is 5.92 Å². The van der Waals surface area contributed by atoms with Gasteiger partial charge in [0.05, 0.1) is 37.0 Å². The molecule has 3 unspecified atom stereocenters. The first-order valence-corrected chi connectivity index (χ1v) is 9.09. The Morgan fingerprint density at radius 2 is 2.00 bits per heavy atom. The minimum atomic E-state index is -0.776. The second kappa shape index (κ2) is 11.9. The van der Waals surface area contributed by atoms with Crippen molar-refractivity contribution in [1.82, 2.24) is 0 Å². The van der Waals surface area contributed by atoms with E-state index in [1.165, 1.54) is 0 Å². The van der Waals surface area contributed by atoms with Crippen LogP contribution in [0.5, 0.6) is 0 Å². The molecule has 0 aromatic rings. The van der Waals surface area contributed by atoms with Gasteiger partial charge in [0.25, 0.3) is 0 Å². The number of hydrogen-bond donors (Lipinski definition) is 2. The van der Waals surface area contributed by atoms with E-state index in [0.717, 1.165) is 32.1 Å². The van der Waals surface area contributed by atoms with Crippen molar-refractivity contribution in [1.29, 1.82) is 0 Å². The Morgan fingerprint density at radius 1 is 1.32 bits per heavy atom. The van der Waals surface area contributed by atoms with Gasteiger partial charge in [0, 0.05) is 6.61 Å². The lowest BCUT2D eigenvalue weighted by atomic mass is 9.95. The van der Waals surface area contributed by atoms with Gasteiger partial charge in [-0.3, -0.25) is 4.79 Å². The molecule has 0 aromatic heterocycles. The highest BCUT2D eigenvalue weighted by atomic mass is 16.5. The minimum Gasteiger partial charge on any atom is -0.496 e. The standard InChI is InChI=1S/C19H33NO5/c1-4-5-10-23-15(3)18(20)13-25-17-8-6-7-16(12-17)24-11-9-14(2)19(21)22/h4,14,16-17H,1,5-13,20H2,2-3H3,(H,21,22)/b18-15-. The van der Waals surface area contributed by atoms with Gasteiger partial charge in [0.2, 0.25) is 0 Å². The van der Waals surface area contributed by atoms with Crippen LogP contribution in [0.3, 0.4) is 0 Å². The van der Waals surface area contributed by atoms with Crippen molar-refractivity contribution in [3.8, 4) is 0 Å². The SMILES string of the molecule is C=CCCO/C(C)=C(\N)COC1CCCC(OCCC(C)C(=O)O)C1. The van der Waals surface area contributed by atoms with Crippen LogP contribution in [0.4, 0.5) is 0 Å². The van der Waals surface area contributed by atoms with Gasteiger partial charge in [-0.15, -0.1) is 6.58 Å². The summed E-state index contributed by atoms with van der Waals surface area (Å²) in [7, 11) is 0. The highest BCUT2D eigenvalue weighted by molar-refractivity contribution is 5.69. The number of aliphatic carboxylic acids is 1. The summed E-state index contributed by atoms with van der Waals surface area (Å²) in [5, 5.41) is 8.89. The molecule has 3 atom stereocenters. The number of carboxylic acid groups (broad SMARTS) is 1. The first-order valence-electron chi connectivity index (χ1n) is 9.09. The van der Waals surface area contributed by atoms with Crippen molar-refractivity contribution in [2.45, 2.75) is 64.6 Å². The van der Waals surface area contributed by atoms with E-state index in [1.807, 2.05) is 6.92 Å². The number of nitrogens with two attached hydrogens (primary N) is 1. The van der Waals surface area contributed by atoms with E-state index in [4.69, 9.17) is 25.1 Å². The van der Waals surface area contributed by atoms with E-state index in [-0.39, 0.29) is 18.1 Å². The van der Waals surface area contributed by atoms with Gasteiger partial charge in [-0.25, -0.2) is 0 Å². The molecule has 0 aliphatic heterocycles. The second-order valence-electron chi connectivity index (χ2n) is 6.63. The molecule has 1 fully saturated rings. The normalized spacial score (nSPS) is 22.8. The summed E-state index contributed by atoms with van der Waals surface area (Å²) in [4.78, 5) is 10.8.